The second-order valence-electron chi connectivity index (χ2n) is 3.43. The first-order valence-corrected chi connectivity index (χ1v) is 6.41. The highest BCUT2D eigenvalue weighted by Gasteiger charge is 2.00. The summed E-state index contributed by atoms with van der Waals surface area (Å²) in [6.45, 7) is 6.70. The highest BCUT2D eigenvalue weighted by Crippen LogP contribution is 2.19. The van der Waals surface area contributed by atoms with Crippen molar-refractivity contribution in [3.8, 4) is 5.88 Å². The molecule has 1 aromatic rings. The molecule has 7 heteroatoms. The lowest BCUT2D eigenvalue weighted by molar-refractivity contribution is 0.316. The van der Waals surface area contributed by atoms with Gasteiger partial charge in [-0.15, -0.1) is 24.0 Å². The molecular weight excluding hydrogens is 379 g/mol. The van der Waals surface area contributed by atoms with Gasteiger partial charge in [0.05, 0.1) is 6.54 Å². The van der Waals surface area contributed by atoms with Crippen LogP contribution >= 0.6 is 35.6 Å². The van der Waals surface area contributed by atoms with Gasteiger partial charge in [0.25, 0.3) is 0 Å². The third-order valence-electron chi connectivity index (χ3n) is 2.01. The van der Waals surface area contributed by atoms with Crippen molar-refractivity contribution >= 4 is 41.5 Å². The SMILES string of the molecule is CCNC(=NCCOc1ncccc1Cl)NCC.I. The summed E-state index contributed by atoms with van der Waals surface area (Å²) in [6, 6.07) is 3.51. The van der Waals surface area contributed by atoms with Crippen molar-refractivity contribution in [1.82, 2.24) is 15.6 Å². The molecule has 0 amide bonds. The van der Waals surface area contributed by atoms with Gasteiger partial charge in [-0.1, -0.05) is 11.6 Å². The number of guanidine groups is 1. The number of hydrogen-bond donors (Lipinski definition) is 2. The van der Waals surface area contributed by atoms with Crippen molar-refractivity contribution in [2.24, 2.45) is 4.99 Å². The Morgan fingerprint density at radius 3 is 2.63 bits per heavy atom. The molecule has 2 N–H and O–H groups in total. The van der Waals surface area contributed by atoms with Gasteiger partial charge in [-0.05, 0) is 26.0 Å². The predicted octanol–water partition coefficient (Wildman–Crippen LogP) is 2.31. The minimum absolute atomic E-state index is 0. The summed E-state index contributed by atoms with van der Waals surface area (Å²) in [5.41, 5.74) is 0. The summed E-state index contributed by atoms with van der Waals surface area (Å²) in [6.07, 6.45) is 1.65. The molecular formula is C12H20ClIN4O. The maximum absolute atomic E-state index is 5.92. The first-order valence-electron chi connectivity index (χ1n) is 6.03. The molecule has 19 heavy (non-hydrogen) atoms. The second-order valence-corrected chi connectivity index (χ2v) is 3.84. The normalized spacial score (nSPS) is 9.21. The van der Waals surface area contributed by atoms with Gasteiger partial charge in [-0.25, -0.2) is 9.98 Å². The minimum Gasteiger partial charge on any atom is -0.475 e. The van der Waals surface area contributed by atoms with Crippen molar-refractivity contribution in [2.75, 3.05) is 26.2 Å². The fraction of sp³-hybridized carbons (Fsp3) is 0.500. The first kappa shape index (κ1) is 18.2. The highest BCUT2D eigenvalue weighted by molar-refractivity contribution is 14.0. The van der Waals surface area contributed by atoms with Gasteiger partial charge in [-0.3, -0.25) is 0 Å². The van der Waals surface area contributed by atoms with Crippen LogP contribution in [0.1, 0.15) is 13.8 Å². The summed E-state index contributed by atoms with van der Waals surface area (Å²) < 4.78 is 5.44. The van der Waals surface area contributed by atoms with Gasteiger partial charge >= 0.3 is 0 Å². The van der Waals surface area contributed by atoms with Crippen LogP contribution in [-0.4, -0.2) is 37.2 Å². The molecule has 0 radical (unpaired) electrons. The van der Waals surface area contributed by atoms with E-state index in [4.69, 9.17) is 16.3 Å². The molecule has 0 fully saturated rings. The Hall–Kier alpha value is -0.760. The van der Waals surface area contributed by atoms with Gasteiger partial charge in [0.15, 0.2) is 5.96 Å². The van der Waals surface area contributed by atoms with E-state index in [0.29, 0.717) is 24.1 Å². The maximum Gasteiger partial charge on any atom is 0.232 e. The smallest absolute Gasteiger partial charge is 0.232 e. The Labute approximate surface area is 136 Å². The number of hydrogen-bond acceptors (Lipinski definition) is 3. The predicted molar refractivity (Wildman–Crippen MR) is 89.8 cm³/mol. The molecule has 0 spiro atoms. The maximum atomic E-state index is 5.92. The zero-order valence-corrected chi connectivity index (χ0v) is 14.2. The third kappa shape index (κ3) is 7.41. The number of halogens is 2. The lowest BCUT2D eigenvalue weighted by atomic mass is 10.5. The average Bonchev–Trinajstić information content (AvgIpc) is 2.37. The molecule has 0 bridgehead atoms. The van der Waals surface area contributed by atoms with E-state index in [0.717, 1.165) is 19.0 Å². The molecule has 0 saturated heterocycles. The van der Waals surface area contributed by atoms with Crippen LogP contribution in [0.25, 0.3) is 0 Å². The Bertz CT molecular complexity index is 382. The number of aliphatic imine (C=N–C) groups is 1. The fourth-order valence-electron chi connectivity index (χ4n) is 1.29. The minimum atomic E-state index is 0. The number of ether oxygens (including phenoxy) is 1. The van der Waals surface area contributed by atoms with E-state index in [1.165, 1.54) is 0 Å². The van der Waals surface area contributed by atoms with Crippen molar-refractivity contribution < 1.29 is 4.74 Å². The van der Waals surface area contributed by atoms with Crippen LogP contribution < -0.4 is 15.4 Å². The molecule has 0 saturated carbocycles. The average molecular weight is 399 g/mol. The summed E-state index contributed by atoms with van der Waals surface area (Å²) >= 11 is 5.92. The molecule has 1 heterocycles. The molecule has 1 rings (SSSR count). The largest absolute Gasteiger partial charge is 0.475 e. The molecule has 0 aromatic carbocycles. The third-order valence-corrected chi connectivity index (χ3v) is 2.30. The Kier molecular flexibility index (Phi) is 10.7. The summed E-state index contributed by atoms with van der Waals surface area (Å²) in [4.78, 5) is 8.38. The molecule has 0 aliphatic heterocycles. The van der Waals surface area contributed by atoms with E-state index in [9.17, 15) is 0 Å². The summed E-state index contributed by atoms with van der Waals surface area (Å²) in [5.74, 6) is 1.23. The first-order chi connectivity index (χ1) is 8.77. The second kappa shape index (κ2) is 11.1. The van der Waals surface area contributed by atoms with Crippen molar-refractivity contribution in [2.45, 2.75) is 13.8 Å². The molecule has 0 unspecified atom stereocenters. The van der Waals surface area contributed by atoms with Gasteiger partial charge < -0.3 is 15.4 Å². The van der Waals surface area contributed by atoms with Crippen LogP contribution in [-0.2, 0) is 0 Å². The Balaban J connectivity index is 0.00000324. The Morgan fingerprint density at radius 1 is 1.37 bits per heavy atom. The van der Waals surface area contributed by atoms with Crippen LogP contribution in [0.4, 0.5) is 0 Å². The van der Waals surface area contributed by atoms with E-state index in [1.807, 2.05) is 13.8 Å². The zero-order chi connectivity index (χ0) is 13.2. The van der Waals surface area contributed by atoms with Gasteiger partial charge in [0.1, 0.15) is 11.6 Å². The number of nitrogens with one attached hydrogen (secondary N) is 2. The Morgan fingerprint density at radius 2 is 2.05 bits per heavy atom. The van der Waals surface area contributed by atoms with E-state index in [-0.39, 0.29) is 24.0 Å². The number of aromatic nitrogens is 1. The molecule has 1 aromatic heterocycles. The molecule has 0 aliphatic carbocycles. The van der Waals surface area contributed by atoms with Crippen molar-refractivity contribution in [3.05, 3.63) is 23.4 Å². The van der Waals surface area contributed by atoms with Crippen molar-refractivity contribution in [3.63, 3.8) is 0 Å². The van der Waals surface area contributed by atoms with E-state index < -0.39 is 0 Å². The molecule has 108 valence electrons. The zero-order valence-electron chi connectivity index (χ0n) is 11.1. The quantitative estimate of drug-likeness (QED) is 0.334. The number of rotatable bonds is 6. The van der Waals surface area contributed by atoms with Crippen molar-refractivity contribution in [1.29, 1.82) is 0 Å². The van der Waals surface area contributed by atoms with E-state index >= 15 is 0 Å². The monoisotopic (exact) mass is 398 g/mol. The van der Waals surface area contributed by atoms with Crippen LogP contribution in [0.5, 0.6) is 5.88 Å². The van der Waals surface area contributed by atoms with E-state index in [2.05, 4.69) is 20.6 Å². The van der Waals surface area contributed by atoms with Gasteiger partial charge in [-0.2, -0.15) is 0 Å². The summed E-state index contributed by atoms with van der Waals surface area (Å²) in [5, 5.41) is 6.78. The van der Waals surface area contributed by atoms with Gasteiger partial charge in [0, 0.05) is 19.3 Å². The lowest BCUT2D eigenvalue weighted by Gasteiger charge is -2.09. The topological polar surface area (TPSA) is 58.5 Å². The van der Waals surface area contributed by atoms with Crippen LogP contribution in [0.15, 0.2) is 23.3 Å². The molecule has 5 nitrogen and oxygen atoms in total. The summed E-state index contributed by atoms with van der Waals surface area (Å²) in [7, 11) is 0. The van der Waals surface area contributed by atoms with Crippen LogP contribution in [0, 0.1) is 0 Å². The fourth-order valence-corrected chi connectivity index (χ4v) is 1.46. The number of nitrogens with zero attached hydrogens (tertiary/aromatic N) is 2. The lowest BCUT2D eigenvalue weighted by Crippen LogP contribution is -2.37. The standard InChI is InChI=1S/C12H19ClN4O.HI/c1-3-14-12(15-4-2)17-8-9-18-11-10(13)6-5-7-16-11;/h5-7H,3-4,8-9H2,1-2H3,(H2,14,15,17);1H. The van der Waals surface area contributed by atoms with Crippen LogP contribution in [0.2, 0.25) is 5.02 Å². The highest BCUT2D eigenvalue weighted by atomic mass is 127. The molecule has 0 atom stereocenters. The van der Waals surface area contributed by atoms with Crippen LogP contribution in [0.3, 0.4) is 0 Å². The molecule has 0 aliphatic rings. The van der Waals surface area contributed by atoms with Gasteiger partial charge in [0.2, 0.25) is 5.88 Å². The van der Waals surface area contributed by atoms with E-state index in [1.54, 1.807) is 18.3 Å². The number of pyridine rings is 1.